The van der Waals surface area contributed by atoms with E-state index >= 15 is 0 Å². The molecule has 0 bridgehead atoms. The molecule has 9 heteroatoms. The Balaban J connectivity index is 1.48. The zero-order valence-electron chi connectivity index (χ0n) is 18.1. The van der Waals surface area contributed by atoms with Crippen molar-refractivity contribution in [2.75, 3.05) is 32.6 Å². The summed E-state index contributed by atoms with van der Waals surface area (Å²) in [7, 11) is 3.41. The van der Waals surface area contributed by atoms with E-state index in [9.17, 15) is 4.79 Å². The van der Waals surface area contributed by atoms with Crippen molar-refractivity contribution in [1.29, 1.82) is 0 Å². The number of hydrogen-bond donors (Lipinski definition) is 2. The highest BCUT2D eigenvalue weighted by Gasteiger charge is 2.30. The first-order valence-corrected chi connectivity index (χ1v) is 11.5. The molecule has 3 heterocycles. The summed E-state index contributed by atoms with van der Waals surface area (Å²) < 4.78 is 5.61. The number of aliphatic hydroxyl groups excluding tert-OH is 1. The van der Waals surface area contributed by atoms with E-state index in [0.29, 0.717) is 19.5 Å². The van der Waals surface area contributed by atoms with E-state index in [-0.39, 0.29) is 18.4 Å². The van der Waals surface area contributed by atoms with Gasteiger partial charge in [0.1, 0.15) is 22.7 Å². The van der Waals surface area contributed by atoms with Gasteiger partial charge < -0.3 is 20.1 Å². The maximum atomic E-state index is 12.7. The Morgan fingerprint density at radius 2 is 2.25 bits per heavy atom. The molecule has 0 saturated carbocycles. The zero-order valence-corrected chi connectivity index (χ0v) is 18.9. The highest BCUT2D eigenvalue weighted by molar-refractivity contribution is 7.19. The Kier molecular flexibility index (Phi) is 5.52. The van der Waals surface area contributed by atoms with Crippen LogP contribution in [0.4, 0.5) is 11.5 Å². The molecular weight excluding hydrogens is 426 g/mol. The number of amides is 1. The summed E-state index contributed by atoms with van der Waals surface area (Å²) in [6.45, 7) is 1.02. The van der Waals surface area contributed by atoms with Gasteiger partial charge in [-0.25, -0.2) is 9.97 Å². The minimum atomic E-state index is -0.0624. The minimum absolute atomic E-state index is 0.0221. The van der Waals surface area contributed by atoms with Crippen molar-refractivity contribution >= 4 is 45.2 Å². The molecule has 8 nitrogen and oxygen atoms in total. The fourth-order valence-electron chi connectivity index (χ4n) is 4.52. The summed E-state index contributed by atoms with van der Waals surface area (Å²) in [6.07, 6.45) is 5.73. The fourth-order valence-corrected chi connectivity index (χ4v) is 5.79. The first kappa shape index (κ1) is 20.8. The van der Waals surface area contributed by atoms with E-state index < -0.39 is 0 Å². The average Bonchev–Trinajstić information content (AvgIpc) is 3.41. The number of aryl methyl sites for hydroxylation is 1. The van der Waals surface area contributed by atoms with Crippen LogP contribution >= 0.6 is 11.3 Å². The molecular formula is C23H25N5O3S. The number of aromatic nitrogens is 2. The number of carbonyl (C=O) groups excluding carboxylic acids is 1. The van der Waals surface area contributed by atoms with Crippen LogP contribution in [0.25, 0.3) is 10.2 Å². The zero-order chi connectivity index (χ0) is 22.2. The van der Waals surface area contributed by atoms with Gasteiger partial charge in [-0.15, -0.1) is 11.3 Å². The number of hydrogen-bond acceptors (Lipinski definition) is 8. The highest BCUT2D eigenvalue weighted by Crippen LogP contribution is 2.42. The summed E-state index contributed by atoms with van der Waals surface area (Å²) in [5, 5.41) is 13.6. The average molecular weight is 452 g/mol. The van der Waals surface area contributed by atoms with Crippen LogP contribution in [0.15, 0.2) is 23.5 Å². The lowest BCUT2D eigenvalue weighted by Gasteiger charge is -2.26. The third kappa shape index (κ3) is 3.61. The molecule has 0 spiro atoms. The summed E-state index contributed by atoms with van der Waals surface area (Å²) in [5.74, 6) is 1.54. The van der Waals surface area contributed by atoms with Crippen molar-refractivity contribution in [2.24, 2.45) is 10.9 Å². The number of carbonyl (C=O) groups is 1. The minimum Gasteiger partial charge on any atom is -0.495 e. The number of thiophene rings is 1. The Morgan fingerprint density at radius 1 is 1.38 bits per heavy atom. The van der Waals surface area contributed by atoms with Crippen molar-refractivity contribution in [3.8, 4) is 5.75 Å². The van der Waals surface area contributed by atoms with E-state index in [1.54, 1.807) is 36.7 Å². The molecule has 0 unspecified atom stereocenters. The largest absolute Gasteiger partial charge is 0.495 e. The molecule has 2 aliphatic rings. The number of nitrogens with one attached hydrogen (secondary N) is 1. The van der Waals surface area contributed by atoms with Gasteiger partial charge in [-0.3, -0.25) is 9.79 Å². The second kappa shape index (κ2) is 8.48. The van der Waals surface area contributed by atoms with Crippen LogP contribution in [0, 0.1) is 5.92 Å². The Morgan fingerprint density at radius 3 is 3.06 bits per heavy atom. The summed E-state index contributed by atoms with van der Waals surface area (Å²) in [4.78, 5) is 29.9. The highest BCUT2D eigenvalue weighted by atomic mass is 32.1. The molecule has 0 radical (unpaired) electrons. The van der Waals surface area contributed by atoms with Crippen LogP contribution in [0.5, 0.6) is 5.75 Å². The van der Waals surface area contributed by atoms with Crippen LogP contribution < -0.4 is 10.1 Å². The fraction of sp³-hybridized carbons (Fsp3) is 0.391. The van der Waals surface area contributed by atoms with E-state index in [0.717, 1.165) is 51.4 Å². The number of anilines is 2. The number of methoxy groups -OCH3 is 1. The van der Waals surface area contributed by atoms with Gasteiger partial charge in [0, 0.05) is 30.6 Å². The topological polar surface area (TPSA) is 99.9 Å². The van der Waals surface area contributed by atoms with Gasteiger partial charge in [-0.05, 0) is 48.1 Å². The van der Waals surface area contributed by atoms with E-state index in [2.05, 4.69) is 20.3 Å². The molecule has 1 aromatic carbocycles. The van der Waals surface area contributed by atoms with Crippen molar-refractivity contribution in [3.63, 3.8) is 0 Å². The third-order valence-electron chi connectivity index (χ3n) is 6.21. The van der Waals surface area contributed by atoms with Gasteiger partial charge in [-0.1, -0.05) is 0 Å². The molecule has 2 N–H and O–H groups in total. The number of likely N-dealkylation sites (N-methyl/N-ethyl adjacent to an activating group) is 1. The third-order valence-corrected chi connectivity index (χ3v) is 7.37. The van der Waals surface area contributed by atoms with Gasteiger partial charge in [-0.2, -0.15) is 0 Å². The normalized spacial score (nSPS) is 16.7. The second-order valence-corrected chi connectivity index (χ2v) is 9.26. The standard InChI is InChI=1S/C23H25N5O3S/c1-28(5-6-29)23(30)13-3-4-16-19(9-13)32-22-20(16)21(25-12-26-22)27-17-7-14-10-24-11-15(14)8-18(17)31-2/h7-8,10,12-13,29H,3-6,9,11H2,1-2H3,(H,25,26,27)/t13-/m1/s1. The van der Waals surface area contributed by atoms with E-state index in [4.69, 9.17) is 9.84 Å². The quantitative estimate of drug-likeness (QED) is 0.598. The number of fused-ring (bicyclic) bond motifs is 4. The van der Waals surface area contributed by atoms with E-state index in [1.807, 2.05) is 18.3 Å². The van der Waals surface area contributed by atoms with Crippen LogP contribution in [-0.4, -0.2) is 59.4 Å². The molecule has 0 fully saturated rings. The van der Waals surface area contributed by atoms with Gasteiger partial charge in [0.25, 0.3) is 0 Å². The number of nitrogens with zero attached hydrogens (tertiary/aromatic N) is 4. The van der Waals surface area contributed by atoms with Crippen molar-refractivity contribution in [3.05, 3.63) is 40.0 Å². The predicted octanol–water partition coefficient (Wildman–Crippen LogP) is 2.93. The monoisotopic (exact) mass is 451 g/mol. The number of benzene rings is 1. The van der Waals surface area contributed by atoms with Gasteiger partial charge in [0.15, 0.2) is 0 Å². The lowest BCUT2D eigenvalue weighted by Crippen LogP contribution is -2.37. The molecule has 166 valence electrons. The second-order valence-electron chi connectivity index (χ2n) is 8.18. The van der Waals surface area contributed by atoms with Crippen LogP contribution in [0.1, 0.15) is 28.0 Å². The van der Waals surface area contributed by atoms with Gasteiger partial charge in [0.2, 0.25) is 5.91 Å². The SMILES string of the molecule is COc1cc2c(cc1Nc1ncnc3sc4c(c13)CC[C@@H](C(=O)N(C)CCO)C4)C=NC2. The number of aliphatic imine (C=N–C) groups is 1. The lowest BCUT2D eigenvalue weighted by molar-refractivity contribution is -0.135. The van der Waals surface area contributed by atoms with Crippen molar-refractivity contribution in [2.45, 2.75) is 25.8 Å². The van der Waals surface area contributed by atoms with Crippen LogP contribution in [0.2, 0.25) is 0 Å². The first-order valence-electron chi connectivity index (χ1n) is 10.7. The molecule has 1 aliphatic heterocycles. The molecule has 1 aliphatic carbocycles. The van der Waals surface area contributed by atoms with Crippen molar-refractivity contribution in [1.82, 2.24) is 14.9 Å². The molecule has 2 aromatic heterocycles. The summed E-state index contributed by atoms with van der Waals surface area (Å²) in [6, 6.07) is 4.06. The Bertz CT molecular complexity index is 1220. The lowest BCUT2D eigenvalue weighted by atomic mass is 9.87. The molecule has 5 rings (SSSR count). The molecule has 0 saturated heterocycles. The maximum absolute atomic E-state index is 12.7. The molecule has 1 atom stereocenters. The summed E-state index contributed by atoms with van der Waals surface area (Å²) >= 11 is 1.64. The summed E-state index contributed by atoms with van der Waals surface area (Å²) in [5.41, 5.74) is 4.30. The molecule has 3 aromatic rings. The number of ether oxygens (including phenoxy) is 1. The Hall–Kier alpha value is -3.04. The number of aliphatic hydroxyl groups is 1. The maximum Gasteiger partial charge on any atom is 0.225 e. The van der Waals surface area contributed by atoms with Gasteiger partial charge in [0.05, 0.1) is 31.3 Å². The smallest absolute Gasteiger partial charge is 0.225 e. The molecule has 32 heavy (non-hydrogen) atoms. The van der Waals surface area contributed by atoms with Crippen molar-refractivity contribution < 1.29 is 14.6 Å². The van der Waals surface area contributed by atoms with Gasteiger partial charge >= 0.3 is 0 Å². The van der Waals surface area contributed by atoms with Crippen LogP contribution in [0.3, 0.4) is 0 Å². The van der Waals surface area contributed by atoms with E-state index in [1.165, 1.54) is 10.4 Å². The first-order chi connectivity index (χ1) is 15.6. The van der Waals surface area contributed by atoms with Crippen LogP contribution in [-0.2, 0) is 24.2 Å². The predicted molar refractivity (Wildman–Crippen MR) is 125 cm³/mol. The number of rotatable bonds is 6. The molecule has 1 amide bonds. The Labute approximate surface area is 190 Å².